The van der Waals surface area contributed by atoms with Crippen LogP contribution in [-0.4, -0.2) is 119 Å². The molecular weight excluding hydrogens is 695 g/mol. The third kappa shape index (κ3) is 5.96. The number of carbonyl (C=O) groups is 7. The number of rotatable bonds is 11. The van der Waals surface area contributed by atoms with Crippen molar-refractivity contribution in [2.45, 2.75) is 29.2 Å². The zero-order valence-corrected chi connectivity index (χ0v) is 27.5. The molecule has 3 atom stereocenters. The van der Waals surface area contributed by atoms with Crippen molar-refractivity contribution in [3.8, 4) is 0 Å². The summed E-state index contributed by atoms with van der Waals surface area (Å²) in [4.78, 5) is 117. The van der Waals surface area contributed by atoms with Crippen LogP contribution in [0.4, 0.5) is 4.79 Å². The summed E-state index contributed by atoms with van der Waals surface area (Å²) in [5.74, 6) is -5.39. The molecule has 3 aliphatic heterocycles. The lowest BCUT2D eigenvalue weighted by atomic mass is 9.94. The van der Waals surface area contributed by atoms with Crippen molar-refractivity contribution in [2.75, 3.05) is 31.1 Å². The molecule has 2 aromatic heterocycles. The maximum Gasteiger partial charge on any atom is 0.352 e. The van der Waals surface area contributed by atoms with Gasteiger partial charge < -0.3 is 26.0 Å². The molecule has 0 aliphatic carbocycles. The van der Waals surface area contributed by atoms with E-state index < -0.39 is 69.5 Å². The fraction of sp³-hybridized carbons (Fsp3) is 0.385. The smallest absolute Gasteiger partial charge is 0.352 e. The Bertz CT molecular complexity index is 1860. The number of H-pyrrole nitrogens is 1. The Morgan fingerprint density at radius 1 is 1.21 bits per heavy atom. The van der Waals surface area contributed by atoms with Crippen molar-refractivity contribution in [3.05, 3.63) is 54.4 Å². The van der Waals surface area contributed by atoms with E-state index in [1.165, 1.54) is 18.0 Å². The molecule has 1 unspecified atom stereocenters. The van der Waals surface area contributed by atoms with Gasteiger partial charge in [0.05, 0.1) is 0 Å². The van der Waals surface area contributed by atoms with Crippen molar-refractivity contribution in [1.82, 2.24) is 45.4 Å². The summed E-state index contributed by atoms with van der Waals surface area (Å²) in [6.07, 6.45) is 0.171. The number of piperazine rings is 1. The molecule has 7 amide bonds. The van der Waals surface area contributed by atoms with Gasteiger partial charge in [-0.25, -0.2) is 14.7 Å². The predicted octanol–water partition coefficient (Wildman–Crippen LogP) is -2.42. The van der Waals surface area contributed by atoms with E-state index in [1.807, 2.05) is 0 Å². The summed E-state index contributed by atoms with van der Waals surface area (Å²) in [6.45, 7) is 1.92. The lowest BCUT2D eigenvalue weighted by Gasteiger charge is -2.56. The standard InChI is InChI=1S/C26H27N9O10S3/c1-3-33-6-7-34(20(41)19(33)40)24(45)28-14(13-5-4-8-46-13)16(37)29-26(27-11-36)22(44)35-15(21(42)43)12(9-47-23(26)35)10-48-25-31-30-17(38)18(39)32(25)2/h4-5,8,11,14,23H,3,6-7,9-10H2,1-2H3,(H,27,36)(H,28,45)(H,29,37)(H,30,38)(H,42,43)/t14?,23-,26-/m1/s1. The van der Waals surface area contributed by atoms with Crippen LogP contribution < -0.4 is 27.1 Å². The van der Waals surface area contributed by atoms with Crippen molar-refractivity contribution < 1.29 is 38.7 Å². The summed E-state index contributed by atoms with van der Waals surface area (Å²) >= 11 is 3.06. The minimum Gasteiger partial charge on any atom is -0.477 e. The lowest BCUT2D eigenvalue weighted by Crippen LogP contribution is -2.85. The molecule has 22 heteroatoms. The van der Waals surface area contributed by atoms with Crippen LogP contribution in [0.25, 0.3) is 0 Å². The van der Waals surface area contributed by atoms with Gasteiger partial charge in [-0.2, -0.15) is 0 Å². The van der Waals surface area contributed by atoms with Crippen molar-refractivity contribution in [3.63, 3.8) is 0 Å². The quantitative estimate of drug-likeness (QED) is 0.0533. The van der Waals surface area contributed by atoms with Crippen LogP contribution in [0.2, 0.25) is 0 Å². The van der Waals surface area contributed by atoms with E-state index in [1.54, 1.807) is 18.4 Å². The van der Waals surface area contributed by atoms with E-state index in [4.69, 9.17) is 0 Å². The maximum absolute atomic E-state index is 13.8. The highest BCUT2D eigenvalue weighted by molar-refractivity contribution is 8.01. The highest BCUT2D eigenvalue weighted by Gasteiger charge is 2.66. The van der Waals surface area contributed by atoms with Gasteiger partial charge in [-0.15, -0.1) is 28.2 Å². The van der Waals surface area contributed by atoms with Crippen molar-refractivity contribution in [2.24, 2.45) is 7.05 Å². The predicted molar refractivity (Wildman–Crippen MR) is 168 cm³/mol. The van der Waals surface area contributed by atoms with Gasteiger partial charge in [-0.1, -0.05) is 17.8 Å². The zero-order chi connectivity index (χ0) is 34.9. The van der Waals surface area contributed by atoms with Crippen LogP contribution in [0, 0.1) is 0 Å². The number of likely N-dealkylation sites (N-methyl/N-ethyl adjacent to an activating group) is 1. The van der Waals surface area contributed by atoms with Crippen LogP contribution in [-0.2, 0) is 35.8 Å². The number of carboxylic acids is 1. The number of urea groups is 1. The molecule has 5 N–H and O–H groups in total. The number of thiophene rings is 1. The highest BCUT2D eigenvalue weighted by Crippen LogP contribution is 2.46. The van der Waals surface area contributed by atoms with E-state index in [0.717, 1.165) is 44.3 Å². The molecule has 5 heterocycles. The first kappa shape index (κ1) is 34.4. The molecule has 2 saturated heterocycles. The lowest BCUT2D eigenvalue weighted by molar-refractivity contribution is -0.163. The third-order valence-electron chi connectivity index (χ3n) is 7.67. The molecule has 2 fully saturated rings. The normalized spacial score (nSPS) is 21.3. The summed E-state index contributed by atoms with van der Waals surface area (Å²) in [6, 6.07) is 0.598. The molecule has 254 valence electrons. The number of imide groups is 1. The van der Waals surface area contributed by atoms with Crippen LogP contribution in [0.3, 0.4) is 0 Å². The number of nitrogens with zero attached hydrogens (tertiary/aromatic N) is 5. The van der Waals surface area contributed by atoms with Gasteiger partial charge in [-0.05, 0) is 23.9 Å². The van der Waals surface area contributed by atoms with Gasteiger partial charge in [0.1, 0.15) is 17.1 Å². The summed E-state index contributed by atoms with van der Waals surface area (Å²) in [5.41, 5.74) is -4.06. The number of carbonyl (C=O) groups excluding carboxylic acids is 6. The minimum atomic E-state index is -2.12. The Kier molecular flexibility index (Phi) is 9.77. The second-order valence-electron chi connectivity index (χ2n) is 10.4. The van der Waals surface area contributed by atoms with Gasteiger partial charge in [-0.3, -0.25) is 47.9 Å². The van der Waals surface area contributed by atoms with Gasteiger partial charge in [0, 0.05) is 43.1 Å². The first-order chi connectivity index (χ1) is 22.9. The largest absolute Gasteiger partial charge is 0.477 e. The topological polar surface area (TPSA) is 253 Å². The molecular formula is C26H27N9O10S3. The molecule has 3 aliphatic rings. The average Bonchev–Trinajstić information content (AvgIpc) is 3.60. The van der Waals surface area contributed by atoms with Crippen molar-refractivity contribution in [1.29, 1.82) is 0 Å². The molecule has 0 aromatic carbocycles. The number of β-lactam (4-membered cyclic amide) rings is 1. The van der Waals surface area contributed by atoms with Gasteiger partial charge in [0.15, 0.2) is 5.16 Å². The second-order valence-corrected chi connectivity index (χ2v) is 13.4. The maximum atomic E-state index is 13.8. The Morgan fingerprint density at radius 3 is 2.60 bits per heavy atom. The van der Waals surface area contributed by atoms with E-state index in [2.05, 4.69) is 26.1 Å². The van der Waals surface area contributed by atoms with Crippen LogP contribution >= 0.6 is 34.9 Å². The van der Waals surface area contributed by atoms with Crippen molar-refractivity contribution >= 4 is 76.9 Å². The van der Waals surface area contributed by atoms with E-state index in [-0.39, 0.29) is 48.3 Å². The number of hydrogen-bond donors (Lipinski definition) is 5. The Balaban J connectivity index is 1.38. The fourth-order valence-electron chi connectivity index (χ4n) is 5.21. The molecule has 19 nitrogen and oxygen atoms in total. The number of aliphatic carboxylic acids is 1. The van der Waals surface area contributed by atoms with E-state index >= 15 is 0 Å². The Labute approximate surface area is 282 Å². The van der Waals surface area contributed by atoms with E-state index in [9.17, 15) is 48.3 Å². The Hall–Kier alpha value is -4.96. The number of amides is 7. The Morgan fingerprint density at radius 2 is 1.96 bits per heavy atom. The third-order valence-corrected chi connectivity index (χ3v) is 11.1. The first-order valence-corrected chi connectivity index (χ1v) is 16.9. The summed E-state index contributed by atoms with van der Waals surface area (Å²) in [5, 5.41) is 23.8. The number of fused-ring (bicyclic) bond motifs is 1. The zero-order valence-electron chi connectivity index (χ0n) is 25.1. The van der Waals surface area contributed by atoms with Crippen LogP contribution in [0.5, 0.6) is 0 Å². The number of hydrogen-bond acceptors (Lipinski definition) is 13. The number of aromatic amines is 1. The average molecular weight is 722 g/mol. The minimum absolute atomic E-state index is 0.0174. The molecule has 48 heavy (non-hydrogen) atoms. The number of aromatic nitrogens is 3. The number of carboxylic acid groups (broad SMARTS) is 1. The van der Waals surface area contributed by atoms with Gasteiger partial charge in [0.2, 0.25) is 18.0 Å². The second kappa shape index (κ2) is 13.6. The van der Waals surface area contributed by atoms with Crippen LogP contribution in [0.1, 0.15) is 17.8 Å². The van der Waals surface area contributed by atoms with E-state index in [0.29, 0.717) is 9.78 Å². The SMILES string of the molecule is CCN1CCN(C(=O)NC(C(=O)N[C@]2(NC=O)C(=O)N3C(C(=O)O)=C(CSc4n[nH]c(=O)c(=O)n4C)CS[C@@H]32)c2cccs2)C(=O)C1=O. The molecule has 0 spiro atoms. The monoisotopic (exact) mass is 721 g/mol. The molecule has 2 aromatic rings. The summed E-state index contributed by atoms with van der Waals surface area (Å²) in [7, 11) is 1.32. The molecule has 5 rings (SSSR count). The molecule has 0 saturated carbocycles. The summed E-state index contributed by atoms with van der Waals surface area (Å²) < 4.78 is 0.994. The molecule has 0 radical (unpaired) electrons. The fourth-order valence-corrected chi connectivity index (χ4v) is 8.47. The molecule has 0 bridgehead atoms. The van der Waals surface area contributed by atoms with Gasteiger partial charge in [0.25, 0.3) is 5.91 Å². The first-order valence-electron chi connectivity index (χ1n) is 14.0. The van der Waals surface area contributed by atoms with Gasteiger partial charge >= 0.3 is 34.9 Å². The number of thioether (sulfide) groups is 2. The van der Waals surface area contributed by atoms with Crippen LogP contribution in [0.15, 0.2) is 43.5 Å². The number of nitrogens with one attached hydrogen (secondary N) is 4. The highest BCUT2D eigenvalue weighted by atomic mass is 32.2.